The number of Topliss-reactive ketones (excluding diaryl/α,β-unsaturated/α-hetero) is 1. The summed E-state index contributed by atoms with van der Waals surface area (Å²) in [5.41, 5.74) is 5.28. The molecule has 5 heteroatoms. The molecule has 0 aromatic heterocycles. The van der Waals surface area contributed by atoms with E-state index < -0.39 is 8.32 Å². The summed E-state index contributed by atoms with van der Waals surface area (Å²) in [4.78, 5) is 15.0. The molecule has 3 aromatic carbocycles. The number of fused-ring (bicyclic) bond motifs is 2. The number of nitrogens with zero attached hydrogens (tertiary/aromatic N) is 1. The number of carbonyl (C=O) groups is 1. The fourth-order valence-electron chi connectivity index (χ4n) is 4.30. The van der Waals surface area contributed by atoms with E-state index in [-0.39, 0.29) is 10.8 Å². The van der Waals surface area contributed by atoms with Gasteiger partial charge in [0.05, 0.1) is 6.61 Å². The Labute approximate surface area is 205 Å². The van der Waals surface area contributed by atoms with Crippen molar-refractivity contribution in [3.05, 3.63) is 59.7 Å². The lowest BCUT2D eigenvalue weighted by molar-refractivity contribution is 0.0995. The molecule has 0 saturated carbocycles. The molecule has 0 amide bonds. The zero-order valence-corrected chi connectivity index (χ0v) is 22.6. The average Bonchev–Trinajstić information content (AvgIpc) is 3.14. The number of anilines is 1. The molecule has 0 heterocycles. The van der Waals surface area contributed by atoms with E-state index in [0.717, 1.165) is 45.5 Å². The molecule has 1 aliphatic rings. The van der Waals surface area contributed by atoms with Crippen LogP contribution in [-0.4, -0.2) is 41.4 Å². The normalized spacial score (nSPS) is 13.9. The Morgan fingerprint density at radius 1 is 0.912 bits per heavy atom. The molecule has 34 heavy (non-hydrogen) atoms. The molecular weight excluding hydrogens is 438 g/mol. The highest BCUT2D eigenvalue weighted by Crippen LogP contribution is 2.40. The third-order valence-corrected chi connectivity index (χ3v) is 11.9. The van der Waals surface area contributed by atoms with E-state index in [9.17, 15) is 4.79 Å². The number of ketones is 1. The van der Waals surface area contributed by atoms with Gasteiger partial charge in [0.1, 0.15) is 12.4 Å². The van der Waals surface area contributed by atoms with Gasteiger partial charge in [-0.25, -0.2) is 0 Å². The second kappa shape index (κ2) is 9.20. The van der Waals surface area contributed by atoms with Crippen molar-refractivity contribution in [1.82, 2.24) is 0 Å². The Morgan fingerprint density at radius 3 is 2.26 bits per heavy atom. The quantitative estimate of drug-likeness (QED) is 0.270. The predicted molar refractivity (Wildman–Crippen MR) is 145 cm³/mol. The molecule has 0 bridgehead atoms. The monoisotopic (exact) mass is 475 g/mol. The average molecular weight is 476 g/mol. The van der Waals surface area contributed by atoms with Gasteiger partial charge in [0.15, 0.2) is 14.1 Å². The van der Waals surface area contributed by atoms with Crippen LogP contribution in [0.15, 0.2) is 48.5 Å². The summed E-state index contributed by atoms with van der Waals surface area (Å²) in [6.07, 6.45) is 1.41. The lowest BCUT2D eigenvalue weighted by Crippen LogP contribution is -2.41. The van der Waals surface area contributed by atoms with E-state index in [1.165, 1.54) is 5.39 Å². The van der Waals surface area contributed by atoms with Gasteiger partial charge in [-0.3, -0.25) is 4.79 Å². The van der Waals surface area contributed by atoms with Crippen LogP contribution in [-0.2, 0) is 10.8 Å². The first kappa shape index (κ1) is 24.5. The van der Waals surface area contributed by atoms with Crippen LogP contribution in [0.2, 0.25) is 18.1 Å². The molecule has 0 unspecified atom stereocenters. The van der Waals surface area contributed by atoms with Crippen molar-refractivity contribution in [2.24, 2.45) is 0 Å². The van der Waals surface area contributed by atoms with Gasteiger partial charge in [-0.15, -0.1) is 0 Å². The van der Waals surface area contributed by atoms with Gasteiger partial charge in [0.2, 0.25) is 0 Å². The fraction of sp³-hybridized carbons (Fsp3) is 0.414. The minimum absolute atomic E-state index is 0.192. The molecule has 0 N–H and O–H groups in total. The van der Waals surface area contributed by atoms with Crippen molar-refractivity contribution < 1.29 is 14.0 Å². The molecule has 0 radical (unpaired) electrons. The minimum atomic E-state index is -1.77. The predicted octanol–water partition coefficient (Wildman–Crippen LogP) is 7.10. The summed E-state index contributed by atoms with van der Waals surface area (Å²) in [5, 5.41) is 2.49. The molecule has 0 spiro atoms. The van der Waals surface area contributed by atoms with Crippen molar-refractivity contribution in [2.45, 2.75) is 51.7 Å². The highest BCUT2D eigenvalue weighted by molar-refractivity contribution is 6.74. The number of benzene rings is 3. The van der Waals surface area contributed by atoms with Crippen LogP contribution in [0, 0.1) is 0 Å². The smallest absolute Gasteiger partial charge is 0.192 e. The molecule has 4 nitrogen and oxygen atoms in total. The lowest BCUT2D eigenvalue weighted by Gasteiger charge is -2.36. The third kappa shape index (κ3) is 4.77. The maximum absolute atomic E-state index is 12.9. The van der Waals surface area contributed by atoms with E-state index in [1.54, 1.807) is 0 Å². The summed E-state index contributed by atoms with van der Waals surface area (Å²) in [6.45, 7) is 12.4. The van der Waals surface area contributed by atoms with E-state index in [4.69, 9.17) is 9.16 Å². The molecule has 0 atom stereocenters. The largest absolute Gasteiger partial charge is 0.491 e. The summed E-state index contributed by atoms with van der Waals surface area (Å²) in [6, 6.07) is 16.8. The van der Waals surface area contributed by atoms with Gasteiger partial charge in [-0.2, -0.15) is 0 Å². The molecule has 0 saturated heterocycles. The number of hydrogen-bond donors (Lipinski definition) is 0. The second-order valence-corrected chi connectivity index (χ2v) is 15.8. The highest BCUT2D eigenvalue weighted by atomic mass is 28.4. The van der Waals surface area contributed by atoms with Crippen LogP contribution in [0.3, 0.4) is 0 Å². The number of carbonyl (C=O) groups excluding carboxylic acids is 1. The Kier molecular flexibility index (Phi) is 6.62. The van der Waals surface area contributed by atoms with Crippen LogP contribution >= 0.6 is 0 Å². The van der Waals surface area contributed by atoms with Crippen molar-refractivity contribution in [3.8, 4) is 16.9 Å². The number of hydrogen-bond acceptors (Lipinski definition) is 4. The van der Waals surface area contributed by atoms with Crippen LogP contribution in [0.5, 0.6) is 5.75 Å². The standard InChI is InChI=1S/C29H37NO3Si/c1-29(2,3)34(6,7)33-17-16-32-24-13-9-20(10-14-24)27-25-19-23(30(4)5)12-8-21(25)18-22-11-15-26(31)28(22)27/h8-10,12-14,18-19H,11,15-17H2,1-7H3. The Balaban J connectivity index is 1.59. The molecular formula is C29H37NO3Si. The van der Waals surface area contributed by atoms with Gasteiger partial charge in [0, 0.05) is 37.3 Å². The molecule has 1 aliphatic carbocycles. The first-order chi connectivity index (χ1) is 16.0. The number of rotatable bonds is 7. The van der Waals surface area contributed by atoms with E-state index in [2.05, 4.69) is 75.2 Å². The zero-order chi connectivity index (χ0) is 24.7. The highest BCUT2D eigenvalue weighted by Gasteiger charge is 2.36. The molecule has 0 aliphatic heterocycles. The molecule has 0 fully saturated rings. The minimum Gasteiger partial charge on any atom is -0.491 e. The molecule has 3 aromatic rings. The first-order valence-corrected chi connectivity index (χ1v) is 15.1. The number of aryl methyl sites for hydroxylation is 1. The van der Waals surface area contributed by atoms with Crippen LogP contribution in [0.25, 0.3) is 21.9 Å². The molecule has 180 valence electrons. The van der Waals surface area contributed by atoms with Crippen molar-refractivity contribution in [1.29, 1.82) is 0 Å². The summed E-state index contributed by atoms with van der Waals surface area (Å²) in [5.74, 6) is 1.06. The maximum Gasteiger partial charge on any atom is 0.192 e. The second-order valence-electron chi connectivity index (χ2n) is 11.0. The summed E-state index contributed by atoms with van der Waals surface area (Å²) in [7, 11) is 2.32. The van der Waals surface area contributed by atoms with E-state index in [0.29, 0.717) is 19.6 Å². The van der Waals surface area contributed by atoms with E-state index >= 15 is 0 Å². The van der Waals surface area contributed by atoms with Crippen LogP contribution in [0.4, 0.5) is 5.69 Å². The van der Waals surface area contributed by atoms with Crippen molar-refractivity contribution in [3.63, 3.8) is 0 Å². The van der Waals surface area contributed by atoms with Gasteiger partial charge < -0.3 is 14.1 Å². The lowest BCUT2D eigenvalue weighted by atomic mass is 9.90. The Hall–Kier alpha value is -2.63. The third-order valence-electron chi connectivity index (χ3n) is 7.39. The number of ether oxygens (including phenoxy) is 1. The first-order valence-electron chi connectivity index (χ1n) is 12.2. The summed E-state index contributed by atoms with van der Waals surface area (Å²) >= 11 is 0. The van der Waals surface area contributed by atoms with Crippen LogP contribution in [0.1, 0.15) is 43.1 Å². The Bertz CT molecular complexity index is 1210. The summed E-state index contributed by atoms with van der Waals surface area (Å²) < 4.78 is 12.2. The van der Waals surface area contributed by atoms with Gasteiger partial charge in [-0.1, -0.05) is 45.0 Å². The SMILES string of the molecule is CN(C)c1ccc2cc3c(c(-c4ccc(OCCO[Si](C)(C)C(C)(C)C)cc4)c2c1)C(=O)CC3. The maximum atomic E-state index is 12.9. The topological polar surface area (TPSA) is 38.8 Å². The van der Waals surface area contributed by atoms with Crippen molar-refractivity contribution >= 4 is 30.6 Å². The van der Waals surface area contributed by atoms with Gasteiger partial charge in [0.25, 0.3) is 0 Å². The van der Waals surface area contributed by atoms with E-state index in [1.807, 2.05) is 26.2 Å². The van der Waals surface area contributed by atoms with Gasteiger partial charge >= 0.3 is 0 Å². The zero-order valence-electron chi connectivity index (χ0n) is 21.6. The van der Waals surface area contributed by atoms with Crippen molar-refractivity contribution in [2.75, 3.05) is 32.2 Å². The van der Waals surface area contributed by atoms with Gasteiger partial charge in [-0.05, 0) is 70.7 Å². The molecule has 4 rings (SSSR count). The Morgan fingerprint density at radius 2 is 1.62 bits per heavy atom. The fourth-order valence-corrected chi connectivity index (χ4v) is 5.33. The van der Waals surface area contributed by atoms with Crippen LogP contribution < -0.4 is 9.64 Å².